The largest absolute Gasteiger partial charge is 0.358 e. The molecule has 0 spiro atoms. The number of piperazine rings is 1. The predicted octanol–water partition coefficient (Wildman–Crippen LogP) is 0.457. The van der Waals surface area contributed by atoms with Crippen LogP contribution in [0.5, 0.6) is 0 Å². The van der Waals surface area contributed by atoms with Crippen molar-refractivity contribution in [2.75, 3.05) is 39.8 Å². The summed E-state index contributed by atoms with van der Waals surface area (Å²) in [7, 11) is 1.66. The summed E-state index contributed by atoms with van der Waals surface area (Å²) in [6.45, 7) is 3.61. The summed E-state index contributed by atoms with van der Waals surface area (Å²) in [6.07, 6.45) is 5.82. The summed E-state index contributed by atoms with van der Waals surface area (Å²) in [5.41, 5.74) is 0. The van der Waals surface area contributed by atoms with Gasteiger partial charge in [0.2, 0.25) is 11.8 Å². The first-order valence-electron chi connectivity index (χ1n) is 7.42. The molecule has 108 valence electrons. The number of nitrogens with one attached hydrogen (secondary N) is 1. The molecule has 1 N–H and O–H groups in total. The summed E-state index contributed by atoms with van der Waals surface area (Å²) >= 11 is 0. The average Bonchev–Trinajstić information content (AvgIpc) is 2.48. The van der Waals surface area contributed by atoms with Crippen LogP contribution in [0, 0.1) is 5.92 Å². The Morgan fingerprint density at radius 2 is 1.68 bits per heavy atom. The van der Waals surface area contributed by atoms with Crippen molar-refractivity contribution < 1.29 is 9.59 Å². The Bertz CT molecular complexity index is 319. The Labute approximate surface area is 115 Å². The van der Waals surface area contributed by atoms with Gasteiger partial charge in [0.25, 0.3) is 0 Å². The van der Waals surface area contributed by atoms with Crippen molar-refractivity contribution in [1.82, 2.24) is 15.1 Å². The molecule has 0 aromatic rings. The van der Waals surface area contributed by atoms with Gasteiger partial charge in [-0.15, -0.1) is 0 Å². The van der Waals surface area contributed by atoms with Crippen LogP contribution in [0.15, 0.2) is 0 Å². The number of rotatable bonds is 3. The van der Waals surface area contributed by atoms with Gasteiger partial charge < -0.3 is 10.2 Å². The first-order chi connectivity index (χ1) is 9.20. The van der Waals surface area contributed by atoms with Gasteiger partial charge in [0.15, 0.2) is 0 Å². The molecule has 0 atom stereocenters. The molecule has 0 unspecified atom stereocenters. The molecule has 0 aromatic heterocycles. The predicted molar refractivity (Wildman–Crippen MR) is 73.7 cm³/mol. The summed E-state index contributed by atoms with van der Waals surface area (Å²) in [4.78, 5) is 27.8. The zero-order valence-corrected chi connectivity index (χ0v) is 11.9. The third kappa shape index (κ3) is 3.93. The van der Waals surface area contributed by atoms with Gasteiger partial charge in [0.1, 0.15) is 0 Å². The van der Waals surface area contributed by atoms with Gasteiger partial charge in [-0.3, -0.25) is 14.5 Å². The zero-order chi connectivity index (χ0) is 13.7. The van der Waals surface area contributed by atoms with Crippen molar-refractivity contribution in [2.45, 2.75) is 32.1 Å². The molecule has 2 fully saturated rings. The third-order valence-electron chi connectivity index (χ3n) is 4.28. The van der Waals surface area contributed by atoms with E-state index >= 15 is 0 Å². The molecule has 0 bridgehead atoms. The van der Waals surface area contributed by atoms with Gasteiger partial charge >= 0.3 is 0 Å². The molecule has 1 aliphatic heterocycles. The van der Waals surface area contributed by atoms with Crippen LogP contribution in [-0.4, -0.2) is 61.4 Å². The Morgan fingerprint density at radius 3 is 2.26 bits per heavy atom. The lowest BCUT2D eigenvalue weighted by molar-refractivity contribution is -0.138. The Balaban J connectivity index is 1.76. The van der Waals surface area contributed by atoms with Crippen LogP contribution < -0.4 is 5.32 Å². The van der Waals surface area contributed by atoms with E-state index in [0.717, 1.165) is 39.0 Å². The lowest BCUT2D eigenvalue weighted by Gasteiger charge is -2.36. The highest BCUT2D eigenvalue weighted by Gasteiger charge is 2.28. The van der Waals surface area contributed by atoms with Crippen LogP contribution in [0.2, 0.25) is 0 Å². The highest BCUT2D eigenvalue weighted by atomic mass is 16.2. The molecule has 19 heavy (non-hydrogen) atoms. The normalized spacial score (nSPS) is 22.3. The molecule has 1 heterocycles. The molecule has 1 saturated carbocycles. The maximum Gasteiger partial charge on any atom is 0.233 e. The average molecular weight is 267 g/mol. The van der Waals surface area contributed by atoms with Gasteiger partial charge in [-0.2, -0.15) is 0 Å². The van der Waals surface area contributed by atoms with E-state index in [1.807, 2.05) is 4.90 Å². The van der Waals surface area contributed by atoms with E-state index in [1.54, 1.807) is 7.05 Å². The van der Waals surface area contributed by atoms with E-state index in [-0.39, 0.29) is 11.8 Å². The van der Waals surface area contributed by atoms with E-state index in [9.17, 15) is 9.59 Å². The second-order valence-electron chi connectivity index (χ2n) is 5.61. The highest BCUT2D eigenvalue weighted by molar-refractivity contribution is 5.79. The molecule has 5 nitrogen and oxygen atoms in total. The summed E-state index contributed by atoms with van der Waals surface area (Å²) in [5.74, 6) is 0.658. The lowest BCUT2D eigenvalue weighted by atomic mass is 9.88. The van der Waals surface area contributed by atoms with Crippen LogP contribution >= 0.6 is 0 Å². The van der Waals surface area contributed by atoms with Crippen LogP contribution in [0.3, 0.4) is 0 Å². The minimum Gasteiger partial charge on any atom is -0.358 e. The highest BCUT2D eigenvalue weighted by Crippen LogP contribution is 2.25. The quantitative estimate of drug-likeness (QED) is 0.808. The Kier molecular flexibility index (Phi) is 5.19. The van der Waals surface area contributed by atoms with Crippen LogP contribution in [0.4, 0.5) is 0 Å². The fraction of sp³-hybridized carbons (Fsp3) is 0.857. The fourth-order valence-corrected chi connectivity index (χ4v) is 3.02. The minimum atomic E-state index is 0.0482. The van der Waals surface area contributed by atoms with E-state index in [1.165, 1.54) is 19.3 Å². The lowest BCUT2D eigenvalue weighted by Crippen LogP contribution is -2.52. The maximum absolute atomic E-state index is 12.4. The number of nitrogens with zero attached hydrogens (tertiary/aromatic N) is 2. The van der Waals surface area contributed by atoms with Crippen LogP contribution in [-0.2, 0) is 9.59 Å². The summed E-state index contributed by atoms with van der Waals surface area (Å²) in [5, 5.41) is 2.64. The molecule has 5 heteroatoms. The van der Waals surface area contributed by atoms with E-state index < -0.39 is 0 Å². The number of carbonyl (C=O) groups excluding carboxylic acids is 2. The number of amides is 2. The number of hydrogen-bond acceptors (Lipinski definition) is 3. The molecule has 2 aliphatic rings. The maximum atomic E-state index is 12.4. The molecule has 0 radical (unpaired) electrons. The van der Waals surface area contributed by atoms with Crippen molar-refractivity contribution in [3.8, 4) is 0 Å². The molecule has 2 amide bonds. The first-order valence-corrected chi connectivity index (χ1v) is 7.42. The number of carbonyl (C=O) groups is 2. The number of hydrogen-bond donors (Lipinski definition) is 1. The number of likely N-dealkylation sites (N-methyl/N-ethyl adjacent to an activating group) is 1. The molecule has 1 aliphatic carbocycles. The minimum absolute atomic E-state index is 0.0482. The van der Waals surface area contributed by atoms with Gasteiger partial charge in [0.05, 0.1) is 6.54 Å². The fourth-order valence-electron chi connectivity index (χ4n) is 3.02. The second-order valence-corrected chi connectivity index (χ2v) is 5.61. The molecule has 1 saturated heterocycles. The zero-order valence-electron chi connectivity index (χ0n) is 11.9. The first kappa shape index (κ1) is 14.3. The molecule has 2 rings (SSSR count). The molecular formula is C14H25N3O2. The standard InChI is InChI=1S/C14H25N3O2/c1-15-13(18)11-16-7-9-17(10-8-16)14(19)12-5-3-2-4-6-12/h12H,2-11H2,1H3,(H,15,18). The Hall–Kier alpha value is -1.10. The van der Waals surface area contributed by atoms with Gasteiger partial charge in [-0.05, 0) is 12.8 Å². The van der Waals surface area contributed by atoms with Crippen molar-refractivity contribution in [2.24, 2.45) is 5.92 Å². The monoisotopic (exact) mass is 267 g/mol. The van der Waals surface area contributed by atoms with E-state index in [2.05, 4.69) is 10.2 Å². The molecular weight excluding hydrogens is 242 g/mol. The van der Waals surface area contributed by atoms with E-state index in [0.29, 0.717) is 12.5 Å². The van der Waals surface area contributed by atoms with Crippen LogP contribution in [0.25, 0.3) is 0 Å². The van der Waals surface area contributed by atoms with Gasteiger partial charge in [0, 0.05) is 39.1 Å². The van der Waals surface area contributed by atoms with Gasteiger partial charge in [-0.1, -0.05) is 19.3 Å². The van der Waals surface area contributed by atoms with Crippen molar-refractivity contribution >= 4 is 11.8 Å². The third-order valence-corrected chi connectivity index (χ3v) is 4.28. The summed E-state index contributed by atoms with van der Waals surface area (Å²) in [6, 6.07) is 0. The Morgan fingerprint density at radius 1 is 1.05 bits per heavy atom. The van der Waals surface area contributed by atoms with Gasteiger partial charge in [-0.25, -0.2) is 0 Å². The smallest absolute Gasteiger partial charge is 0.233 e. The molecule has 0 aromatic carbocycles. The van der Waals surface area contributed by atoms with Crippen molar-refractivity contribution in [3.63, 3.8) is 0 Å². The van der Waals surface area contributed by atoms with Crippen molar-refractivity contribution in [1.29, 1.82) is 0 Å². The SMILES string of the molecule is CNC(=O)CN1CCN(C(=O)C2CCCCC2)CC1. The van der Waals surface area contributed by atoms with Crippen molar-refractivity contribution in [3.05, 3.63) is 0 Å². The van der Waals surface area contributed by atoms with E-state index in [4.69, 9.17) is 0 Å². The van der Waals surface area contributed by atoms with Crippen LogP contribution in [0.1, 0.15) is 32.1 Å². The summed E-state index contributed by atoms with van der Waals surface area (Å²) < 4.78 is 0. The second kappa shape index (κ2) is 6.89. The topological polar surface area (TPSA) is 52.7 Å².